The molecule has 0 aliphatic rings. The molecule has 1 unspecified atom stereocenters. The number of imide groups is 1. The van der Waals surface area contributed by atoms with Crippen molar-refractivity contribution in [2.24, 2.45) is 0 Å². The van der Waals surface area contributed by atoms with Crippen LogP contribution in [0.4, 0.5) is 4.79 Å². The van der Waals surface area contributed by atoms with E-state index in [9.17, 15) is 14.4 Å². The van der Waals surface area contributed by atoms with Gasteiger partial charge < -0.3 is 10.1 Å². The van der Waals surface area contributed by atoms with Gasteiger partial charge in [0, 0.05) is 6.54 Å². The zero-order valence-electron chi connectivity index (χ0n) is 12.0. The number of rotatable bonds is 6. The number of carbonyl (C=O) groups excluding carboxylic acids is 3. The molecule has 7 heteroatoms. The highest BCUT2D eigenvalue weighted by Gasteiger charge is 2.21. The lowest BCUT2D eigenvalue weighted by molar-refractivity contribution is -0.143. The van der Waals surface area contributed by atoms with Gasteiger partial charge in [-0.05, 0) is 12.5 Å². The number of hydrogen-bond donors (Lipinski definition) is 3. The van der Waals surface area contributed by atoms with Gasteiger partial charge in [-0.1, -0.05) is 30.3 Å². The Bertz CT molecular complexity index is 490. The van der Waals surface area contributed by atoms with Crippen LogP contribution in [0.3, 0.4) is 0 Å². The Morgan fingerprint density at radius 1 is 1.19 bits per heavy atom. The van der Waals surface area contributed by atoms with Crippen LogP contribution in [0.2, 0.25) is 0 Å². The first-order valence-corrected chi connectivity index (χ1v) is 6.52. The summed E-state index contributed by atoms with van der Waals surface area (Å²) < 4.78 is 4.71. The van der Waals surface area contributed by atoms with Gasteiger partial charge in [-0.2, -0.15) is 0 Å². The Balaban J connectivity index is 2.61. The number of methoxy groups -OCH3 is 1. The van der Waals surface area contributed by atoms with Crippen LogP contribution in [-0.4, -0.2) is 38.1 Å². The molecule has 0 heterocycles. The summed E-state index contributed by atoms with van der Waals surface area (Å²) in [6, 6.07) is 7.53. The quantitative estimate of drug-likeness (QED) is 0.657. The average Bonchev–Trinajstić information content (AvgIpc) is 2.48. The van der Waals surface area contributed by atoms with E-state index in [1.807, 2.05) is 6.07 Å². The molecule has 114 valence electrons. The molecule has 0 saturated carbocycles. The number of ether oxygens (including phenoxy) is 1. The standard InChI is InChI=1S/C14H19N3O4/c1-3-15-14(20)17-11(18)9-16-12(13(19)21-2)10-7-5-4-6-8-10/h4-8,12,16H,3,9H2,1-2H3,(H2,15,17,18,20). The van der Waals surface area contributed by atoms with E-state index >= 15 is 0 Å². The number of carbonyl (C=O) groups is 3. The molecule has 0 aromatic heterocycles. The summed E-state index contributed by atoms with van der Waals surface area (Å²) in [5.41, 5.74) is 0.676. The molecule has 3 amide bonds. The Labute approximate surface area is 123 Å². The summed E-state index contributed by atoms with van der Waals surface area (Å²) in [4.78, 5) is 34.5. The molecule has 0 radical (unpaired) electrons. The third-order valence-electron chi connectivity index (χ3n) is 2.63. The van der Waals surface area contributed by atoms with Gasteiger partial charge in [-0.15, -0.1) is 0 Å². The van der Waals surface area contributed by atoms with Crippen molar-refractivity contribution < 1.29 is 19.1 Å². The minimum absolute atomic E-state index is 0.189. The monoisotopic (exact) mass is 293 g/mol. The van der Waals surface area contributed by atoms with Gasteiger partial charge in [0.1, 0.15) is 6.04 Å². The van der Waals surface area contributed by atoms with Crippen LogP contribution in [0.1, 0.15) is 18.5 Å². The molecular formula is C14H19N3O4. The molecule has 0 spiro atoms. The van der Waals surface area contributed by atoms with Gasteiger partial charge in [0.2, 0.25) is 5.91 Å². The van der Waals surface area contributed by atoms with Crippen LogP contribution < -0.4 is 16.0 Å². The number of amides is 3. The maximum absolute atomic E-state index is 11.8. The van der Waals surface area contributed by atoms with Gasteiger partial charge in [-0.25, -0.2) is 9.59 Å². The third-order valence-corrected chi connectivity index (χ3v) is 2.63. The predicted molar refractivity (Wildman–Crippen MR) is 76.4 cm³/mol. The summed E-state index contributed by atoms with van der Waals surface area (Å²) in [6.07, 6.45) is 0. The third kappa shape index (κ3) is 5.62. The summed E-state index contributed by atoms with van der Waals surface area (Å²) >= 11 is 0. The minimum atomic E-state index is -0.767. The SMILES string of the molecule is CCNC(=O)NC(=O)CNC(C(=O)OC)c1ccccc1. The average molecular weight is 293 g/mol. The van der Waals surface area contributed by atoms with Crippen molar-refractivity contribution in [1.29, 1.82) is 0 Å². The topological polar surface area (TPSA) is 96.5 Å². The lowest BCUT2D eigenvalue weighted by Crippen LogP contribution is -2.44. The fourth-order valence-corrected chi connectivity index (χ4v) is 1.67. The molecule has 0 saturated heterocycles. The molecule has 1 atom stereocenters. The van der Waals surface area contributed by atoms with E-state index in [-0.39, 0.29) is 6.54 Å². The van der Waals surface area contributed by atoms with Crippen LogP contribution in [0.5, 0.6) is 0 Å². The number of benzene rings is 1. The number of hydrogen-bond acceptors (Lipinski definition) is 5. The van der Waals surface area contributed by atoms with Crippen molar-refractivity contribution in [2.45, 2.75) is 13.0 Å². The van der Waals surface area contributed by atoms with E-state index < -0.39 is 23.9 Å². The van der Waals surface area contributed by atoms with E-state index in [0.717, 1.165) is 0 Å². The summed E-state index contributed by atoms with van der Waals surface area (Å²) in [7, 11) is 1.27. The molecule has 1 aromatic rings. The summed E-state index contributed by atoms with van der Waals surface area (Å²) in [6.45, 7) is 1.97. The molecular weight excluding hydrogens is 274 g/mol. The van der Waals surface area contributed by atoms with Crippen LogP contribution in [0.15, 0.2) is 30.3 Å². The van der Waals surface area contributed by atoms with Crippen LogP contribution in [0, 0.1) is 0 Å². The number of esters is 1. The molecule has 21 heavy (non-hydrogen) atoms. The van der Waals surface area contributed by atoms with E-state index in [1.165, 1.54) is 7.11 Å². The fourth-order valence-electron chi connectivity index (χ4n) is 1.67. The van der Waals surface area contributed by atoms with Crippen molar-refractivity contribution in [3.8, 4) is 0 Å². The summed E-state index contributed by atoms with van der Waals surface area (Å²) in [5.74, 6) is -1.04. The second-order valence-electron chi connectivity index (χ2n) is 4.16. The summed E-state index contributed by atoms with van der Waals surface area (Å²) in [5, 5.41) is 7.35. The molecule has 0 fully saturated rings. The fraction of sp³-hybridized carbons (Fsp3) is 0.357. The van der Waals surface area contributed by atoms with Crippen molar-refractivity contribution in [3.05, 3.63) is 35.9 Å². The Morgan fingerprint density at radius 3 is 2.43 bits per heavy atom. The largest absolute Gasteiger partial charge is 0.468 e. The molecule has 0 aliphatic carbocycles. The number of nitrogens with one attached hydrogen (secondary N) is 3. The zero-order chi connectivity index (χ0) is 15.7. The Morgan fingerprint density at radius 2 is 1.86 bits per heavy atom. The van der Waals surface area contributed by atoms with Crippen molar-refractivity contribution in [1.82, 2.24) is 16.0 Å². The maximum atomic E-state index is 11.8. The minimum Gasteiger partial charge on any atom is -0.468 e. The van der Waals surface area contributed by atoms with Gasteiger partial charge >= 0.3 is 12.0 Å². The molecule has 0 bridgehead atoms. The van der Waals surface area contributed by atoms with Gasteiger partial charge in [-0.3, -0.25) is 15.4 Å². The highest BCUT2D eigenvalue weighted by atomic mass is 16.5. The van der Waals surface area contributed by atoms with E-state index in [4.69, 9.17) is 4.74 Å². The van der Waals surface area contributed by atoms with Crippen LogP contribution in [-0.2, 0) is 14.3 Å². The smallest absolute Gasteiger partial charge is 0.327 e. The van der Waals surface area contributed by atoms with Crippen molar-refractivity contribution in [3.63, 3.8) is 0 Å². The van der Waals surface area contributed by atoms with E-state index in [2.05, 4.69) is 16.0 Å². The van der Waals surface area contributed by atoms with Crippen molar-refractivity contribution in [2.75, 3.05) is 20.2 Å². The van der Waals surface area contributed by atoms with E-state index in [0.29, 0.717) is 12.1 Å². The predicted octanol–water partition coefficient (Wildman–Crippen LogP) is 0.336. The Kier molecular flexibility index (Phi) is 6.90. The Hall–Kier alpha value is -2.41. The highest BCUT2D eigenvalue weighted by molar-refractivity contribution is 5.95. The van der Waals surface area contributed by atoms with Gasteiger partial charge in [0.15, 0.2) is 0 Å². The first-order chi connectivity index (χ1) is 10.1. The first kappa shape index (κ1) is 16.6. The van der Waals surface area contributed by atoms with Crippen LogP contribution >= 0.6 is 0 Å². The van der Waals surface area contributed by atoms with Gasteiger partial charge in [0.25, 0.3) is 0 Å². The second-order valence-corrected chi connectivity index (χ2v) is 4.16. The van der Waals surface area contributed by atoms with Gasteiger partial charge in [0.05, 0.1) is 13.7 Å². The van der Waals surface area contributed by atoms with Crippen LogP contribution in [0.25, 0.3) is 0 Å². The highest BCUT2D eigenvalue weighted by Crippen LogP contribution is 2.13. The molecule has 0 aliphatic heterocycles. The normalized spacial score (nSPS) is 11.3. The zero-order valence-corrected chi connectivity index (χ0v) is 12.0. The van der Waals surface area contributed by atoms with Crippen molar-refractivity contribution >= 4 is 17.9 Å². The molecule has 3 N–H and O–H groups in total. The molecule has 1 aromatic carbocycles. The molecule has 7 nitrogen and oxygen atoms in total. The number of urea groups is 1. The van der Waals surface area contributed by atoms with E-state index in [1.54, 1.807) is 31.2 Å². The molecule has 1 rings (SSSR count). The first-order valence-electron chi connectivity index (χ1n) is 6.52. The lowest BCUT2D eigenvalue weighted by Gasteiger charge is -2.16. The maximum Gasteiger partial charge on any atom is 0.327 e. The second kappa shape index (κ2) is 8.70. The lowest BCUT2D eigenvalue weighted by atomic mass is 10.1.